The van der Waals surface area contributed by atoms with Crippen LogP contribution in [0.5, 0.6) is 11.5 Å². The Morgan fingerprint density at radius 2 is 1.42 bits per heavy atom. The van der Waals surface area contributed by atoms with Gasteiger partial charge in [0.05, 0.1) is 46.4 Å². The number of quaternary nitrogens is 1. The minimum absolute atomic E-state index is 0.0279. The van der Waals surface area contributed by atoms with Gasteiger partial charge in [-0.05, 0) is 61.1 Å². The molecule has 1 fully saturated rings. The van der Waals surface area contributed by atoms with Crippen LogP contribution >= 0.6 is 11.6 Å². The molecule has 1 aliphatic rings. The highest BCUT2D eigenvalue weighted by Gasteiger charge is 2.40. The summed E-state index contributed by atoms with van der Waals surface area (Å²) in [5, 5.41) is 11.9. The molecule has 1 saturated heterocycles. The number of likely N-dealkylation sites (tertiary alicyclic amines) is 1. The Balaban J connectivity index is 0.000000912. The van der Waals surface area contributed by atoms with Crippen LogP contribution in [0, 0.1) is 0 Å². The minimum atomic E-state index is -4.85. The van der Waals surface area contributed by atoms with Crippen LogP contribution < -0.4 is 26.3 Å². The summed E-state index contributed by atoms with van der Waals surface area (Å²) in [6.07, 6.45) is 0.484. The first-order valence-electron chi connectivity index (χ1n) is 17.2. The standard InChI is InChI=1S/C33H41ClN6O7.C3H3F3O2/c1-45-28(43)21-47-26-14-10-23(11-15-26)6-3-17-40(16-2-5-22-8-12-25(13-9-22)46-20-27(41)42)18-4-7-24(19-40)37-33(44)29-31(35)39-32(36)30(34)38-29;1-8-2(7)3(4,5)6/h8-15,24H,2-7,16-21H2,1H3,(H5-,35,36,37,39,41,42,44);1H3/p+1. The van der Waals surface area contributed by atoms with E-state index < -0.39 is 30.0 Å². The number of piperidine rings is 1. The molecule has 0 radical (unpaired) electrons. The number of rotatable bonds is 16. The second-order valence-corrected chi connectivity index (χ2v) is 13.0. The number of hydrogen-bond acceptors (Lipinski definition) is 12. The average Bonchev–Trinajstić information content (AvgIpc) is 3.15. The molecule has 3 aromatic rings. The number of nitrogens with zero attached hydrogens (tertiary/aromatic N) is 3. The van der Waals surface area contributed by atoms with Crippen LogP contribution in [0.2, 0.25) is 5.15 Å². The van der Waals surface area contributed by atoms with E-state index in [1.165, 1.54) is 7.11 Å². The smallest absolute Gasteiger partial charge is 0.482 e. The number of nitrogen functional groups attached to an aromatic ring is 2. The molecular formula is C36H45ClF3N6O9+. The maximum absolute atomic E-state index is 13.2. The van der Waals surface area contributed by atoms with Gasteiger partial charge in [0.2, 0.25) is 0 Å². The van der Waals surface area contributed by atoms with Crippen molar-refractivity contribution in [2.24, 2.45) is 0 Å². The topological polar surface area (TPSA) is 215 Å². The van der Waals surface area contributed by atoms with Gasteiger partial charge in [0.1, 0.15) is 11.5 Å². The average molecular weight is 798 g/mol. The summed E-state index contributed by atoms with van der Waals surface area (Å²) >= 11 is 6.02. The summed E-state index contributed by atoms with van der Waals surface area (Å²) in [7, 11) is 2.00. The highest BCUT2D eigenvalue weighted by atomic mass is 35.5. The molecule has 0 aliphatic carbocycles. The van der Waals surface area contributed by atoms with Crippen molar-refractivity contribution >= 4 is 47.1 Å². The fourth-order valence-electron chi connectivity index (χ4n) is 6.03. The van der Waals surface area contributed by atoms with Gasteiger partial charge in [0.25, 0.3) is 5.91 Å². The van der Waals surface area contributed by atoms with E-state index in [9.17, 15) is 32.3 Å². The van der Waals surface area contributed by atoms with Crippen LogP contribution in [0.25, 0.3) is 0 Å². The molecule has 2 unspecified atom stereocenters. The molecule has 0 spiro atoms. The maximum Gasteiger partial charge on any atom is 0.490 e. The van der Waals surface area contributed by atoms with E-state index in [0.717, 1.165) is 80.3 Å². The lowest BCUT2D eigenvalue weighted by Gasteiger charge is -2.45. The van der Waals surface area contributed by atoms with Crippen molar-refractivity contribution in [1.82, 2.24) is 15.3 Å². The van der Waals surface area contributed by atoms with E-state index in [2.05, 4.69) is 24.8 Å². The van der Waals surface area contributed by atoms with Crippen molar-refractivity contribution in [2.45, 2.75) is 50.7 Å². The number of methoxy groups -OCH3 is 2. The second kappa shape index (κ2) is 20.9. The molecule has 6 N–H and O–H groups in total. The molecule has 55 heavy (non-hydrogen) atoms. The summed E-state index contributed by atoms with van der Waals surface area (Å²) in [6.45, 7) is 3.06. The molecule has 1 aliphatic heterocycles. The largest absolute Gasteiger partial charge is 0.490 e. The van der Waals surface area contributed by atoms with Gasteiger partial charge >= 0.3 is 24.1 Å². The number of carboxylic acid groups (broad SMARTS) is 1. The third-order valence-electron chi connectivity index (χ3n) is 8.65. The van der Waals surface area contributed by atoms with Crippen LogP contribution in [0.3, 0.4) is 0 Å². The van der Waals surface area contributed by atoms with Crippen LogP contribution in [-0.4, -0.2) is 109 Å². The monoisotopic (exact) mass is 797 g/mol. The summed E-state index contributed by atoms with van der Waals surface area (Å²) in [5.74, 6) is -3.03. The van der Waals surface area contributed by atoms with Gasteiger partial charge in [-0.25, -0.2) is 24.4 Å². The van der Waals surface area contributed by atoms with E-state index in [1.54, 1.807) is 12.1 Å². The zero-order valence-corrected chi connectivity index (χ0v) is 31.2. The van der Waals surface area contributed by atoms with E-state index in [4.69, 9.17) is 37.6 Å². The number of amides is 1. The van der Waals surface area contributed by atoms with Crippen LogP contribution in [0.1, 0.15) is 47.3 Å². The summed E-state index contributed by atoms with van der Waals surface area (Å²) in [5.41, 5.74) is 13.9. The number of aliphatic carboxylic acids is 1. The van der Waals surface area contributed by atoms with Gasteiger partial charge in [-0.2, -0.15) is 13.2 Å². The lowest BCUT2D eigenvalue weighted by Crippen LogP contribution is -2.60. The third kappa shape index (κ3) is 14.8. The minimum Gasteiger partial charge on any atom is -0.482 e. The Morgan fingerprint density at radius 1 is 0.873 bits per heavy atom. The van der Waals surface area contributed by atoms with Crippen molar-refractivity contribution in [1.29, 1.82) is 0 Å². The lowest BCUT2D eigenvalue weighted by atomic mass is 9.99. The number of nitrogens with one attached hydrogen (secondary N) is 1. The number of anilines is 2. The fraction of sp³-hybridized carbons (Fsp3) is 0.444. The molecule has 2 heterocycles. The second-order valence-electron chi connectivity index (χ2n) is 12.7. The zero-order valence-electron chi connectivity index (χ0n) is 30.4. The summed E-state index contributed by atoms with van der Waals surface area (Å²) in [6, 6.07) is 15.1. The number of carbonyl (C=O) groups is 4. The van der Waals surface area contributed by atoms with E-state index in [1.807, 2.05) is 36.4 Å². The Bertz CT molecular complexity index is 1750. The summed E-state index contributed by atoms with van der Waals surface area (Å²) < 4.78 is 52.5. The first-order valence-corrected chi connectivity index (χ1v) is 17.5. The molecule has 1 aromatic heterocycles. The van der Waals surface area contributed by atoms with E-state index in [-0.39, 0.29) is 41.7 Å². The zero-order chi connectivity index (χ0) is 40.6. The first-order chi connectivity index (χ1) is 26.0. The van der Waals surface area contributed by atoms with Crippen LogP contribution in [0.4, 0.5) is 24.8 Å². The van der Waals surface area contributed by atoms with Crippen molar-refractivity contribution in [3.8, 4) is 11.5 Å². The number of hydrogen-bond donors (Lipinski definition) is 4. The third-order valence-corrected chi connectivity index (χ3v) is 8.93. The lowest BCUT2D eigenvalue weighted by molar-refractivity contribution is -0.933. The van der Waals surface area contributed by atoms with Gasteiger partial charge in [-0.1, -0.05) is 35.9 Å². The normalized spacial score (nSPS) is 16.5. The maximum atomic E-state index is 13.2. The molecule has 4 rings (SSSR count). The summed E-state index contributed by atoms with van der Waals surface area (Å²) in [4.78, 5) is 52.8. The molecule has 0 saturated carbocycles. The highest BCUT2D eigenvalue weighted by molar-refractivity contribution is 6.31. The highest BCUT2D eigenvalue weighted by Crippen LogP contribution is 2.25. The molecule has 19 heteroatoms. The first kappa shape index (κ1) is 44.0. The Kier molecular flexibility index (Phi) is 16.8. The Labute approximate surface area is 320 Å². The van der Waals surface area contributed by atoms with E-state index >= 15 is 0 Å². The van der Waals surface area contributed by atoms with Gasteiger partial charge < -0.3 is 45.3 Å². The van der Waals surface area contributed by atoms with Gasteiger partial charge in [-0.3, -0.25) is 4.79 Å². The number of alkyl halides is 3. The molecule has 2 aromatic carbocycles. The van der Waals surface area contributed by atoms with Gasteiger partial charge in [0.15, 0.2) is 35.7 Å². The fourth-order valence-corrected chi connectivity index (χ4v) is 6.15. The molecule has 1 amide bonds. The predicted molar refractivity (Wildman–Crippen MR) is 194 cm³/mol. The van der Waals surface area contributed by atoms with Crippen molar-refractivity contribution in [3.63, 3.8) is 0 Å². The number of nitrogens with two attached hydrogens (primary N) is 2. The number of benzene rings is 2. The number of aryl methyl sites for hydroxylation is 2. The van der Waals surface area contributed by atoms with Crippen LogP contribution in [0.15, 0.2) is 48.5 Å². The number of carboxylic acids is 1. The molecule has 0 bridgehead atoms. The van der Waals surface area contributed by atoms with E-state index in [0.29, 0.717) is 18.6 Å². The van der Waals surface area contributed by atoms with Gasteiger partial charge in [0, 0.05) is 12.8 Å². The molecule has 300 valence electrons. The number of esters is 2. The SMILES string of the molecule is COC(=O)C(F)(F)F.COC(=O)COc1ccc(CCC[N+]2(CCCc3ccc(OCC(=O)O)cc3)CCCC(NC(=O)c3nc(Cl)c(N)nc3N)C2)cc1. The Morgan fingerprint density at radius 3 is 1.89 bits per heavy atom. The molecular weight excluding hydrogens is 753 g/mol. The number of halogens is 4. The van der Waals surface area contributed by atoms with Crippen molar-refractivity contribution in [2.75, 3.05) is 65.1 Å². The Hall–Kier alpha value is -5.36. The predicted octanol–water partition coefficient (Wildman–Crippen LogP) is 4.01. The van der Waals surface area contributed by atoms with Gasteiger partial charge in [-0.15, -0.1) is 0 Å². The molecule has 15 nitrogen and oxygen atoms in total. The number of aromatic nitrogens is 2. The quantitative estimate of drug-likeness (QED) is 0.119. The van der Waals surface area contributed by atoms with Crippen LogP contribution in [-0.2, 0) is 36.7 Å². The van der Waals surface area contributed by atoms with Crippen molar-refractivity contribution < 1.29 is 60.9 Å². The van der Waals surface area contributed by atoms with Crippen molar-refractivity contribution in [3.05, 3.63) is 70.5 Å². The number of ether oxygens (including phenoxy) is 4. The molecule has 2 atom stereocenters. The number of carbonyl (C=O) groups excluding carboxylic acids is 3.